The smallest absolute Gasteiger partial charge is 0.0675 e. The van der Waals surface area contributed by atoms with Crippen molar-refractivity contribution in [2.24, 2.45) is 10.7 Å². The molecule has 0 unspecified atom stereocenters. The van der Waals surface area contributed by atoms with Gasteiger partial charge in [0.1, 0.15) is 0 Å². The van der Waals surface area contributed by atoms with E-state index in [0.717, 1.165) is 28.7 Å². The molecule has 0 saturated heterocycles. The molecule has 2 N–H and O–H groups in total. The number of rotatable bonds is 4. The van der Waals surface area contributed by atoms with Crippen LogP contribution in [0.1, 0.15) is 6.42 Å². The van der Waals surface area contributed by atoms with Crippen molar-refractivity contribution in [3.63, 3.8) is 0 Å². The third-order valence-corrected chi connectivity index (χ3v) is 4.79. The molecule has 23 heavy (non-hydrogen) atoms. The van der Waals surface area contributed by atoms with Crippen LogP contribution in [0.25, 0.3) is 20.5 Å². The van der Waals surface area contributed by atoms with Gasteiger partial charge < -0.3 is 5.73 Å². The highest BCUT2D eigenvalue weighted by Crippen LogP contribution is 2.29. The van der Waals surface area contributed by atoms with Crippen LogP contribution in [-0.2, 0) is 0 Å². The van der Waals surface area contributed by atoms with Crippen molar-refractivity contribution in [1.29, 1.82) is 0 Å². The van der Waals surface area contributed by atoms with Crippen molar-refractivity contribution >= 4 is 45.4 Å². The minimum atomic E-state index is 0. The SMILES string of the molecule is Cl.NCCCN=c1cc(-c2ccccc2)sc2ccc(Cl)cc12. The topological polar surface area (TPSA) is 38.4 Å². The lowest BCUT2D eigenvalue weighted by molar-refractivity contribution is 0.830. The molecule has 0 fully saturated rings. The summed E-state index contributed by atoms with van der Waals surface area (Å²) in [5, 5.41) is 2.83. The van der Waals surface area contributed by atoms with Gasteiger partial charge in [0.15, 0.2) is 0 Å². The maximum Gasteiger partial charge on any atom is 0.0675 e. The van der Waals surface area contributed by atoms with E-state index in [1.54, 1.807) is 11.3 Å². The highest BCUT2D eigenvalue weighted by Gasteiger charge is 2.04. The first-order valence-corrected chi connectivity index (χ1v) is 8.47. The Morgan fingerprint density at radius 2 is 1.83 bits per heavy atom. The Bertz CT molecular complexity index is 845. The Morgan fingerprint density at radius 1 is 1.04 bits per heavy atom. The summed E-state index contributed by atoms with van der Waals surface area (Å²) in [6.45, 7) is 1.39. The second kappa shape index (κ2) is 8.46. The quantitative estimate of drug-likeness (QED) is 0.657. The summed E-state index contributed by atoms with van der Waals surface area (Å²) in [4.78, 5) is 5.93. The first-order valence-electron chi connectivity index (χ1n) is 7.27. The van der Waals surface area contributed by atoms with E-state index in [-0.39, 0.29) is 12.4 Å². The molecule has 0 amide bonds. The molecule has 1 aromatic heterocycles. The van der Waals surface area contributed by atoms with Gasteiger partial charge in [0.25, 0.3) is 0 Å². The minimum absolute atomic E-state index is 0. The van der Waals surface area contributed by atoms with Crippen molar-refractivity contribution in [2.45, 2.75) is 6.42 Å². The average molecular weight is 365 g/mol. The van der Waals surface area contributed by atoms with E-state index in [2.05, 4.69) is 36.4 Å². The van der Waals surface area contributed by atoms with Crippen LogP contribution < -0.4 is 11.1 Å². The van der Waals surface area contributed by atoms with Crippen LogP contribution in [0.2, 0.25) is 5.02 Å². The van der Waals surface area contributed by atoms with Crippen molar-refractivity contribution in [3.05, 3.63) is 65.0 Å². The Hall–Kier alpha value is -1.39. The fourth-order valence-corrected chi connectivity index (χ4v) is 3.55. The molecule has 2 nitrogen and oxygen atoms in total. The van der Waals surface area contributed by atoms with Gasteiger partial charge in [0, 0.05) is 26.5 Å². The Morgan fingerprint density at radius 3 is 2.57 bits per heavy atom. The molecule has 0 aliphatic heterocycles. The second-order valence-corrected chi connectivity index (χ2v) is 6.55. The fourth-order valence-electron chi connectivity index (χ4n) is 2.31. The molecule has 0 spiro atoms. The van der Waals surface area contributed by atoms with E-state index in [4.69, 9.17) is 22.3 Å². The fraction of sp³-hybridized carbons (Fsp3) is 0.167. The number of halogens is 2. The highest BCUT2D eigenvalue weighted by molar-refractivity contribution is 7.21. The minimum Gasteiger partial charge on any atom is -0.330 e. The molecular formula is C18H18Cl2N2S. The van der Waals surface area contributed by atoms with Gasteiger partial charge in [0.2, 0.25) is 0 Å². The van der Waals surface area contributed by atoms with Gasteiger partial charge in [-0.2, -0.15) is 0 Å². The van der Waals surface area contributed by atoms with Gasteiger partial charge >= 0.3 is 0 Å². The van der Waals surface area contributed by atoms with Crippen LogP contribution in [-0.4, -0.2) is 13.1 Å². The summed E-state index contributed by atoms with van der Waals surface area (Å²) in [7, 11) is 0. The largest absolute Gasteiger partial charge is 0.330 e. The van der Waals surface area contributed by atoms with E-state index in [9.17, 15) is 0 Å². The van der Waals surface area contributed by atoms with Gasteiger partial charge in [-0.3, -0.25) is 4.99 Å². The monoisotopic (exact) mass is 364 g/mol. The molecule has 0 radical (unpaired) electrons. The summed E-state index contributed by atoms with van der Waals surface area (Å²) in [5.41, 5.74) is 6.78. The molecule has 0 aliphatic carbocycles. The lowest BCUT2D eigenvalue weighted by atomic mass is 10.1. The average Bonchev–Trinajstić information content (AvgIpc) is 2.56. The summed E-state index contributed by atoms with van der Waals surface area (Å²) in [6, 6.07) is 18.5. The molecule has 0 atom stereocenters. The van der Waals surface area contributed by atoms with Crippen LogP contribution in [0.3, 0.4) is 0 Å². The van der Waals surface area contributed by atoms with Gasteiger partial charge in [-0.05, 0) is 42.8 Å². The molecule has 0 aliphatic rings. The number of nitrogens with zero attached hydrogens (tertiary/aromatic N) is 1. The van der Waals surface area contributed by atoms with Gasteiger partial charge in [-0.15, -0.1) is 23.7 Å². The zero-order valence-corrected chi connectivity index (χ0v) is 14.9. The third-order valence-electron chi connectivity index (χ3n) is 3.41. The van der Waals surface area contributed by atoms with Crippen molar-refractivity contribution in [3.8, 4) is 10.4 Å². The zero-order chi connectivity index (χ0) is 15.4. The summed E-state index contributed by atoms with van der Waals surface area (Å²) in [5.74, 6) is 0. The third kappa shape index (κ3) is 4.33. The molecule has 120 valence electrons. The van der Waals surface area contributed by atoms with Crippen LogP contribution in [0.5, 0.6) is 0 Å². The second-order valence-electron chi connectivity index (χ2n) is 5.03. The lowest BCUT2D eigenvalue weighted by Crippen LogP contribution is -2.07. The maximum absolute atomic E-state index is 6.15. The van der Waals surface area contributed by atoms with E-state index in [1.807, 2.05) is 18.2 Å². The van der Waals surface area contributed by atoms with Crippen LogP contribution in [0.4, 0.5) is 0 Å². The van der Waals surface area contributed by atoms with Crippen molar-refractivity contribution in [2.75, 3.05) is 13.1 Å². The van der Waals surface area contributed by atoms with Crippen LogP contribution in [0, 0.1) is 0 Å². The van der Waals surface area contributed by atoms with E-state index < -0.39 is 0 Å². The number of hydrogen-bond donors (Lipinski definition) is 1. The molecule has 0 bridgehead atoms. The first-order chi connectivity index (χ1) is 10.8. The Labute approximate surface area is 151 Å². The number of benzene rings is 2. The summed E-state index contributed by atoms with van der Waals surface area (Å²) < 4.78 is 1.19. The first kappa shape index (κ1) is 18.0. The number of fused-ring (bicyclic) bond motifs is 1. The van der Waals surface area contributed by atoms with Crippen molar-refractivity contribution < 1.29 is 0 Å². The standard InChI is InChI=1S/C18H17ClN2S.ClH/c19-14-7-8-17-15(11-14)16(21-10-4-9-20)12-18(22-17)13-5-2-1-3-6-13;/h1-3,5-8,11-12H,4,9-10,20H2;1H. The Balaban J connectivity index is 0.00000192. The summed E-state index contributed by atoms with van der Waals surface area (Å²) >= 11 is 7.91. The molecule has 3 aromatic rings. The van der Waals surface area contributed by atoms with Crippen LogP contribution >= 0.6 is 35.3 Å². The van der Waals surface area contributed by atoms with E-state index >= 15 is 0 Å². The lowest BCUT2D eigenvalue weighted by Gasteiger charge is -2.05. The molecular weight excluding hydrogens is 347 g/mol. The predicted octanol–water partition coefficient (Wildman–Crippen LogP) is 4.89. The van der Waals surface area contributed by atoms with E-state index in [1.165, 1.54) is 15.1 Å². The molecule has 0 saturated carbocycles. The normalized spacial score (nSPS) is 11.5. The summed E-state index contributed by atoms with van der Waals surface area (Å²) in [6.07, 6.45) is 0.890. The van der Waals surface area contributed by atoms with Crippen LogP contribution in [0.15, 0.2) is 59.6 Å². The maximum atomic E-state index is 6.15. The van der Waals surface area contributed by atoms with Gasteiger partial charge in [0.05, 0.1) is 5.36 Å². The molecule has 2 aromatic carbocycles. The zero-order valence-electron chi connectivity index (χ0n) is 12.5. The van der Waals surface area contributed by atoms with Gasteiger partial charge in [-0.25, -0.2) is 0 Å². The predicted molar refractivity (Wildman–Crippen MR) is 104 cm³/mol. The van der Waals surface area contributed by atoms with E-state index in [0.29, 0.717) is 6.54 Å². The molecule has 5 heteroatoms. The molecule has 3 rings (SSSR count). The molecule has 1 heterocycles. The number of hydrogen-bond acceptors (Lipinski definition) is 3. The highest BCUT2D eigenvalue weighted by atomic mass is 35.5. The Kier molecular flexibility index (Phi) is 6.60. The van der Waals surface area contributed by atoms with Gasteiger partial charge in [-0.1, -0.05) is 41.9 Å². The van der Waals surface area contributed by atoms with Crippen molar-refractivity contribution in [1.82, 2.24) is 0 Å². The number of nitrogens with two attached hydrogens (primary N) is 1.